The first-order valence-corrected chi connectivity index (χ1v) is 8.64. The van der Waals surface area contributed by atoms with Crippen LogP contribution in [0.25, 0.3) is 0 Å². The van der Waals surface area contributed by atoms with Crippen molar-refractivity contribution >= 4 is 19.7 Å². The van der Waals surface area contributed by atoms with Gasteiger partial charge in [0.1, 0.15) is 0 Å². The minimum atomic E-state index is -3.30. The molecule has 1 aliphatic rings. The molecule has 1 atom stereocenters. The zero-order valence-electron chi connectivity index (χ0n) is 9.99. The lowest BCUT2D eigenvalue weighted by atomic mass is 9.98. The highest BCUT2D eigenvalue weighted by molar-refractivity contribution is 8.13. The molecule has 1 unspecified atom stereocenters. The van der Waals surface area contributed by atoms with E-state index in [2.05, 4.69) is 11.8 Å². The fourth-order valence-corrected chi connectivity index (χ4v) is 3.12. The van der Waals surface area contributed by atoms with Gasteiger partial charge in [0.15, 0.2) is 0 Å². The van der Waals surface area contributed by atoms with Gasteiger partial charge < -0.3 is 4.90 Å². The minimum Gasteiger partial charge on any atom is -0.303 e. The molecular weight excluding hydrogens is 246 g/mol. The van der Waals surface area contributed by atoms with Crippen molar-refractivity contribution in [2.24, 2.45) is 5.92 Å². The molecule has 0 saturated carbocycles. The molecule has 0 N–H and O–H groups in total. The Balaban J connectivity index is 2.22. The lowest BCUT2D eigenvalue weighted by Crippen LogP contribution is -2.27. The van der Waals surface area contributed by atoms with Crippen LogP contribution in [0.15, 0.2) is 0 Å². The van der Waals surface area contributed by atoms with Gasteiger partial charge in [0.25, 0.3) is 0 Å². The van der Waals surface area contributed by atoms with Crippen LogP contribution in [0, 0.1) is 5.92 Å². The maximum atomic E-state index is 10.8. The molecule has 1 aliphatic heterocycles. The summed E-state index contributed by atoms with van der Waals surface area (Å²) in [4.78, 5) is 2.37. The molecule has 0 radical (unpaired) electrons. The summed E-state index contributed by atoms with van der Waals surface area (Å²) in [6, 6.07) is 0. The summed E-state index contributed by atoms with van der Waals surface area (Å²) in [6.07, 6.45) is 5.74. The summed E-state index contributed by atoms with van der Waals surface area (Å²) < 4.78 is 21.6. The molecule has 0 bridgehead atoms. The zero-order chi connectivity index (χ0) is 12.0. The molecule has 96 valence electrons. The van der Waals surface area contributed by atoms with Gasteiger partial charge in [0.05, 0.1) is 5.75 Å². The SMILES string of the molecule is CCC1CCCN(CCCS(=O)(=O)Cl)CC1. The molecule has 3 nitrogen and oxygen atoms in total. The smallest absolute Gasteiger partial charge is 0.232 e. The van der Waals surface area contributed by atoms with Crippen molar-refractivity contribution < 1.29 is 8.42 Å². The number of likely N-dealkylation sites (tertiary alicyclic amines) is 1. The Morgan fingerprint density at radius 2 is 2.06 bits per heavy atom. The van der Waals surface area contributed by atoms with E-state index in [9.17, 15) is 8.42 Å². The predicted molar refractivity (Wildman–Crippen MR) is 68.3 cm³/mol. The normalized spacial score (nSPS) is 24.2. The first-order valence-electron chi connectivity index (χ1n) is 6.16. The number of hydrogen-bond donors (Lipinski definition) is 0. The molecular formula is C11H22ClNO2S. The summed E-state index contributed by atoms with van der Waals surface area (Å²) in [5.74, 6) is 0.962. The molecule has 1 rings (SSSR count). The predicted octanol–water partition coefficient (Wildman–Crippen LogP) is 2.46. The van der Waals surface area contributed by atoms with E-state index in [1.807, 2.05) is 0 Å². The van der Waals surface area contributed by atoms with E-state index in [1.54, 1.807) is 0 Å². The van der Waals surface area contributed by atoms with Crippen LogP contribution in [-0.4, -0.2) is 38.7 Å². The van der Waals surface area contributed by atoms with Crippen molar-refractivity contribution in [3.63, 3.8) is 0 Å². The third-order valence-corrected chi connectivity index (χ3v) is 4.62. The van der Waals surface area contributed by atoms with Gasteiger partial charge >= 0.3 is 0 Å². The molecule has 5 heteroatoms. The molecule has 1 heterocycles. The second kappa shape index (κ2) is 6.82. The molecule has 0 spiro atoms. The summed E-state index contributed by atoms with van der Waals surface area (Å²) in [5, 5.41) is 0. The van der Waals surface area contributed by atoms with E-state index in [4.69, 9.17) is 10.7 Å². The van der Waals surface area contributed by atoms with Crippen molar-refractivity contribution in [1.29, 1.82) is 0 Å². The van der Waals surface area contributed by atoms with Gasteiger partial charge in [-0.2, -0.15) is 0 Å². The summed E-state index contributed by atoms with van der Waals surface area (Å²) in [6.45, 7) is 5.34. The van der Waals surface area contributed by atoms with E-state index in [0.717, 1.165) is 25.6 Å². The van der Waals surface area contributed by atoms with Gasteiger partial charge in [-0.1, -0.05) is 13.3 Å². The van der Waals surface area contributed by atoms with Crippen LogP contribution < -0.4 is 0 Å². The van der Waals surface area contributed by atoms with Gasteiger partial charge in [0.2, 0.25) is 9.05 Å². The second-order valence-electron chi connectivity index (χ2n) is 4.64. The standard InChI is InChI=1S/C11H22ClNO2S/c1-2-11-5-3-7-13(9-6-11)8-4-10-16(12,14)15/h11H,2-10H2,1H3. The van der Waals surface area contributed by atoms with Gasteiger partial charge in [0, 0.05) is 10.7 Å². The largest absolute Gasteiger partial charge is 0.303 e. The van der Waals surface area contributed by atoms with Gasteiger partial charge in [-0.15, -0.1) is 0 Å². The second-order valence-corrected chi connectivity index (χ2v) is 7.54. The van der Waals surface area contributed by atoms with Gasteiger partial charge in [-0.05, 0) is 51.2 Å². The average molecular weight is 268 g/mol. The Bertz CT molecular complexity index is 292. The highest BCUT2D eigenvalue weighted by Gasteiger charge is 2.15. The monoisotopic (exact) mass is 267 g/mol. The fraction of sp³-hybridized carbons (Fsp3) is 1.00. The van der Waals surface area contributed by atoms with Crippen LogP contribution in [0.4, 0.5) is 0 Å². The van der Waals surface area contributed by atoms with Crippen molar-refractivity contribution in [3.05, 3.63) is 0 Å². The molecule has 16 heavy (non-hydrogen) atoms. The van der Waals surface area contributed by atoms with Gasteiger partial charge in [-0.3, -0.25) is 0 Å². The van der Waals surface area contributed by atoms with Crippen LogP contribution in [-0.2, 0) is 9.05 Å². The topological polar surface area (TPSA) is 37.4 Å². The maximum absolute atomic E-state index is 10.8. The van der Waals surface area contributed by atoms with E-state index in [-0.39, 0.29) is 5.75 Å². The first-order chi connectivity index (χ1) is 7.51. The molecule has 0 aromatic heterocycles. The third-order valence-electron chi connectivity index (χ3n) is 3.38. The number of rotatable bonds is 5. The van der Waals surface area contributed by atoms with Crippen molar-refractivity contribution in [2.45, 2.75) is 39.0 Å². The third kappa shape index (κ3) is 6.06. The fourth-order valence-electron chi connectivity index (χ4n) is 2.32. The Morgan fingerprint density at radius 3 is 2.69 bits per heavy atom. The van der Waals surface area contributed by atoms with Gasteiger partial charge in [-0.25, -0.2) is 8.42 Å². The summed E-state index contributed by atoms with van der Waals surface area (Å²) in [7, 11) is 1.88. The van der Waals surface area contributed by atoms with E-state index >= 15 is 0 Å². The van der Waals surface area contributed by atoms with Crippen LogP contribution in [0.3, 0.4) is 0 Å². The van der Waals surface area contributed by atoms with Crippen molar-refractivity contribution in [1.82, 2.24) is 4.90 Å². The quantitative estimate of drug-likeness (QED) is 0.718. The number of hydrogen-bond acceptors (Lipinski definition) is 3. The lowest BCUT2D eigenvalue weighted by molar-refractivity contribution is 0.281. The minimum absolute atomic E-state index is 0.0995. The Morgan fingerprint density at radius 1 is 1.31 bits per heavy atom. The Hall–Kier alpha value is 0.200. The van der Waals surface area contributed by atoms with Crippen molar-refractivity contribution in [2.75, 3.05) is 25.4 Å². The molecule has 0 aliphatic carbocycles. The molecule has 0 aromatic carbocycles. The van der Waals surface area contributed by atoms with Crippen LogP contribution in [0.2, 0.25) is 0 Å². The first kappa shape index (κ1) is 14.3. The molecule has 1 fully saturated rings. The van der Waals surface area contributed by atoms with Crippen LogP contribution >= 0.6 is 10.7 Å². The number of nitrogens with zero attached hydrogens (tertiary/aromatic N) is 1. The summed E-state index contributed by atoms with van der Waals surface area (Å²) >= 11 is 0. The zero-order valence-corrected chi connectivity index (χ0v) is 11.6. The highest BCUT2D eigenvalue weighted by atomic mass is 35.7. The van der Waals surface area contributed by atoms with E-state index < -0.39 is 9.05 Å². The Kier molecular flexibility index (Phi) is 6.08. The molecule has 0 amide bonds. The van der Waals surface area contributed by atoms with E-state index in [1.165, 1.54) is 25.7 Å². The summed E-state index contributed by atoms with van der Waals surface area (Å²) in [5.41, 5.74) is 0. The molecule has 0 aromatic rings. The maximum Gasteiger partial charge on any atom is 0.232 e. The van der Waals surface area contributed by atoms with E-state index in [0.29, 0.717) is 6.42 Å². The average Bonchev–Trinajstić information content (AvgIpc) is 2.41. The van der Waals surface area contributed by atoms with Crippen molar-refractivity contribution in [3.8, 4) is 0 Å². The number of halogens is 1. The lowest BCUT2D eigenvalue weighted by Gasteiger charge is -2.19. The highest BCUT2D eigenvalue weighted by Crippen LogP contribution is 2.20. The Labute approximate surface area is 104 Å². The van der Waals surface area contributed by atoms with Crippen LogP contribution in [0.1, 0.15) is 39.0 Å². The van der Waals surface area contributed by atoms with Crippen LogP contribution in [0.5, 0.6) is 0 Å². The molecule has 1 saturated heterocycles.